The molecule has 4 rings (SSSR count). The zero-order valence-electron chi connectivity index (χ0n) is 16.1. The van der Waals surface area contributed by atoms with E-state index in [1.807, 2.05) is 24.3 Å². The smallest absolute Gasteiger partial charge is 0.301 e. The van der Waals surface area contributed by atoms with Crippen LogP contribution in [0.15, 0.2) is 36.3 Å². The van der Waals surface area contributed by atoms with Crippen molar-refractivity contribution in [3.63, 3.8) is 0 Å². The third kappa shape index (κ3) is 3.84. The van der Waals surface area contributed by atoms with Gasteiger partial charge in [-0.3, -0.25) is 9.59 Å². The molecule has 0 fully saturated rings. The molecular formula is C22H21Br2NO3S. The Balaban J connectivity index is 1.47. The molecule has 4 nitrogen and oxygen atoms in total. The number of hydrogen-bond donors (Lipinski definition) is 0. The number of unbranched alkanes of at least 4 members (excludes halogenated alkanes) is 5. The monoisotopic (exact) mass is 537 g/mol. The van der Waals surface area contributed by atoms with Crippen molar-refractivity contribution in [2.75, 3.05) is 4.90 Å². The van der Waals surface area contributed by atoms with E-state index in [-0.39, 0.29) is 11.7 Å². The van der Waals surface area contributed by atoms with Crippen LogP contribution in [0.2, 0.25) is 0 Å². The lowest BCUT2D eigenvalue weighted by Crippen LogP contribution is -2.29. The van der Waals surface area contributed by atoms with Gasteiger partial charge in [0.2, 0.25) is 5.76 Å². The molecular weight excluding hydrogens is 518 g/mol. The second-order valence-corrected chi connectivity index (χ2v) is 10.9. The van der Waals surface area contributed by atoms with E-state index in [0.717, 1.165) is 20.4 Å². The Labute approximate surface area is 190 Å². The number of rotatable bonds is 8. The van der Waals surface area contributed by atoms with E-state index in [0.29, 0.717) is 22.2 Å². The fourth-order valence-electron chi connectivity index (χ4n) is 3.75. The summed E-state index contributed by atoms with van der Waals surface area (Å²) in [6.45, 7) is 2.23. The van der Waals surface area contributed by atoms with Crippen molar-refractivity contribution in [2.45, 2.75) is 51.9 Å². The number of nitrogens with zero attached hydrogens (tertiary/aromatic N) is 1. The maximum absolute atomic E-state index is 13.0. The van der Waals surface area contributed by atoms with Gasteiger partial charge in [-0.1, -0.05) is 51.2 Å². The number of anilines is 1. The molecule has 1 aromatic carbocycles. The van der Waals surface area contributed by atoms with Gasteiger partial charge in [-0.15, -0.1) is 11.3 Å². The zero-order chi connectivity index (χ0) is 20.5. The third-order valence-corrected chi connectivity index (χ3v) is 7.77. The third-order valence-electron chi connectivity index (χ3n) is 5.29. The highest BCUT2D eigenvalue weighted by Gasteiger charge is 2.43. The van der Waals surface area contributed by atoms with Crippen LogP contribution < -0.4 is 4.90 Å². The van der Waals surface area contributed by atoms with Crippen LogP contribution in [0.4, 0.5) is 5.69 Å². The van der Waals surface area contributed by atoms with Crippen LogP contribution >= 0.6 is 43.2 Å². The Morgan fingerprint density at radius 2 is 1.62 bits per heavy atom. The standard InChI is InChI=1S/C22H21Br2NO3S/c1-2-3-4-5-6-7-8-13-9-11-14(12-10-13)25-21(26)16-15-17(20(24)29-19(15)23)28-18(16)22(25)27/h9-12H,2-8H2,1H3. The predicted molar refractivity (Wildman–Crippen MR) is 124 cm³/mol. The van der Waals surface area contributed by atoms with Crippen LogP contribution in [0.25, 0.3) is 11.0 Å². The Morgan fingerprint density at radius 1 is 0.931 bits per heavy atom. The molecule has 0 aliphatic carbocycles. The van der Waals surface area contributed by atoms with Crippen molar-refractivity contribution < 1.29 is 14.0 Å². The van der Waals surface area contributed by atoms with Crippen molar-refractivity contribution in [3.8, 4) is 0 Å². The average Bonchev–Trinajstić information content (AvgIpc) is 3.31. The number of hydrogen-bond acceptors (Lipinski definition) is 4. The number of furan rings is 1. The summed E-state index contributed by atoms with van der Waals surface area (Å²) in [5.74, 6) is -0.627. The van der Waals surface area contributed by atoms with E-state index in [1.54, 1.807) is 0 Å². The fourth-order valence-corrected chi connectivity index (χ4v) is 6.72. The molecule has 0 radical (unpaired) electrons. The van der Waals surface area contributed by atoms with Gasteiger partial charge in [0, 0.05) is 0 Å². The minimum Gasteiger partial charge on any atom is -0.448 e. The largest absolute Gasteiger partial charge is 0.448 e. The number of carbonyl (C=O) groups excluding carboxylic acids is 2. The molecule has 0 saturated heterocycles. The topological polar surface area (TPSA) is 50.5 Å². The first-order chi connectivity index (χ1) is 14.0. The molecule has 0 spiro atoms. The highest BCUT2D eigenvalue weighted by atomic mass is 79.9. The van der Waals surface area contributed by atoms with Crippen LogP contribution in [-0.4, -0.2) is 11.8 Å². The average molecular weight is 539 g/mol. The summed E-state index contributed by atoms with van der Waals surface area (Å²) in [5, 5.41) is 0.664. The maximum Gasteiger partial charge on any atom is 0.301 e. The summed E-state index contributed by atoms with van der Waals surface area (Å²) in [4.78, 5) is 27.1. The second-order valence-electron chi connectivity index (χ2n) is 7.29. The van der Waals surface area contributed by atoms with Crippen molar-refractivity contribution in [1.82, 2.24) is 0 Å². The number of thiophene rings is 1. The second kappa shape index (κ2) is 8.74. The van der Waals surface area contributed by atoms with E-state index in [9.17, 15) is 9.59 Å². The van der Waals surface area contributed by atoms with Gasteiger partial charge in [-0.2, -0.15) is 0 Å². The Morgan fingerprint density at radius 3 is 2.34 bits per heavy atom. The maximum atomic E-state index is 13.0. The molecule has 1 aliphatic rings. The summed E-state index contributed by atoms with van der Waals surface area (Å²) in [6.07, 6.45) is 8.61. The summed E-state index contributed by atoms with van der Waals surface area (Å²) in [6, 6.07) is 7.72. The van der Waals surface area contributed by atoms with Crippen LogP contribution in [0, 0.1) is 0 Å². The number of imide groups is 1. The van der Waals surface area contributed by atoms with E-state index >= 15 is 0 Å². The summed E-state index contributed by atoms with van der Waals surface area (Å²) >= 11 is 8.33. The number of halogens is 2. The van der Waals surface area contributed by atoms with Gasteiger partial charge in [0.05, 0.1) is 14.9 Å². The van der Waals surface area contributed by atoms with Gasteiger partial charge in [0.1, 0.15) is 9.35 Å². The summed E-state index contributed by atoms with van der Waals surface area (Å²) < 4.78 is 7.28. The fraction of sp³-hybridized carbons (Fsp3) is 0.364. The molecule has 0 atom stereocenters. The summed E-state index contributed by atoms with van der Waals surface area (Å²) in [7, 11) is 0. The van der Waals surface area contributed by atoms with Crippen molar-refractivity contribution in [3.05, 3.63) is 48.7 Å². The minimum atomic E-state index is -0.409. The number of carbonyl (C=O) groups is 2. The summed E-state index contributed by atoms with van der Waals surface area (Å²) in [5.41, 5.74) is 2.70. The highest BCUT2D eigenvalue weighted by Crippen LogP contribution is 2.46. The Hall–Kier alpha value is -1.44. The number of amides is 2. The van der Waals surface area contributed by atoms with Crippen LogP contribution in [0.5, 0.6) is 0 Å². The van der Waals surface area contributed by atoms with Crippen molar-refractivity contribution in [2.24, 2.45) is 0 Å². The molecule has 7 heteroatoms. The molecule has 0 unspecified atom stereocenters. The quantitative estimate of drug-likeness (QED) is 0.218. The van der Waals surface area contributed by atoms with Crippen LogP contribution in [0.1, 0.15) is 71.9 Å². The first-order valence-corrected chi connectivity index (χ1v) is 12.3. The van der Waals surface area contributed by atoms with Crippen molar-refractivity contribution in [1.29, 1.82) is 0 Å². The number of benzene rings is 1. The Bertz CT molecular complexity index is 1070. The molecule has 152 valence electrons. The first-order valence-electron chi connectivity index (χ1n) is 9.91. The lowest BCUT2D eigenvalue weighted by atomic mass is 10.0. The number of fused-ring (bicyclic) bond motifs is 3. The predicted octanol–water partition coefficient (Wildman–Crippen LogP) is 7.72. The zero-order valence-corrected chi connectivity index (χ0v) is 20.1. The molecule has 2 aromatic heterocycles. The van der Waals surface area contributed by atoms with E-state index < -0.39 is 5.91 Å². The first kappa shape index (κ1) is 20.8. The van der Waals surface area contributed by atoms with Gasteiger partial charge < -0.3 is 4.42 Å². The Kier molecular flexibility index (Phi) is 6.27. The highest BCUT2D eigenvalue weighted by molar-refractivity contribution is 9.12. The van der Waals surface area contributed by atoms with E-state index in [1.165, 1.54) is 53.9 Å². The van der Waals surface area contributed by atoms with Gasteiger partial charge >= 0.3 is 5.91 Å². The lowest BCUT2D eigenvalue weighted by molar-refractivity contribution is 0.0916. The van der Waals surface area contributed by atoms with Gasteiger partial charge in [-0.25, -0.2) is 4.90 Å². The van der Waals surface area contributed by atoms with Gasteiger partial charge in [0.25, 0.3) is 5.91 Å². The molecule has 1 aliphatic heterocycles. The van der Waals surface area contributed by atoms with E-state index in [2.05, 4.69) is 38.8 Å². The molecule has 0 saturated carbocycles. The van der Waals surface area contributed by atoms with Crippen LogP contribution in [-0.2, 0) is 6.42 Å². The van der Waals surface area contributed by atoms with E-state index in [4.69, 9.17) is 4.42 Å². The molecule has 0 bridgehead atoms. The SMILES string of the molecule is CCCCCCCCc1ccc(N2C(=O)c3oc4c(Br)sc(Br)c4c3C2=O)cc1. The molecule has 29 heavy (non-hydrogen) atoms. The normalized spacial score (nSPS) is 13.7. The molecule has 0 N–H and O–H groups in total. The van der Waals surface area contributed by atoms with Crippen LogP contribution in [0.3, 0.4) is 0 Å². The van der Waals surface area contributed by atoms with Gasteiger partial charge in [0.15, 0.2) is 5.58 Å². The molecule has 2 amide bonds. The van der Waals surface area contributed by atoms with Gasteiger partial charge in [-0.05, 0) is 62.4 Å². The van der Waals surface area contributed by atoms with Crippen molar-refractivity contribution >= 4 is 71.7 Å². The molecule has 3 heterocycles. The minimum absolute atomic E-state index is 0.116. The molecule has 3 aromatic rings. The lowest BCUT2D eigenvalue weighted by Gasteiger charge is -2.14. The number of aryl methyl sites for hydroxylation is 1.